The van der Waals surface area contributed by atoms with E-state index in [9.17, 15) is 22.9 Å². The first-order valence-electron chi connectivity index (χ1n) is 10.6. The number of nitrogens with zero attached hydrogens (tertiary/aromatic N) is 3. The average molecular weight is 485 g/mol. The molecule has 4 N–H and O–H groups in total. The SMILES string of the molecule is CCNS(=O)(=O)c1ccc(C)c(C(=O)NCCCc2nn(-c3ccc(F)cc3)c(N)c2C#N)c1. The Morgan fingerprint density at radius 3 is 2.59 bits per heavy atom. The van der Waals surface area contributed by atoms with E-state index in [4.69, 9.17) is 5.73 Å². The molecule has 0 aliphatic heterocycles. The third-order valence-electron chi connectivity index (χ3n) is 5.15. The van der Waals surface area contributed by atoms with Crippen molar-refractivity contribution in [3.05, 3.63) is 70.7 Å². The highest BCUT2D eigenvalue weighted by Gasteiger charge is 2.18. The number of nitrogens with one attached hydrogen (secondary N) is 2. The maximum atomic E-state index is 13.2. The predicted octanol–water partition coefficient (Wildman–Crippen LogP) is 2.43. The molecular weight excluding hydrogens is 459 g/mol. The van der Waals surface area contributed by atoms with E-state index in [1.165, 1.54) is 41.1 Å². The molecule has 0 radical (unpaired) electrons. The van der Waals surface area contributed by atoms with Crippen molar-refractivity contribution in [1.29, 1.82) is 5.26 Å². The van der Waals surface area contributed by atoms with Gasteiger partial charge in [-0.25, -0.2) is 22.2 Å². The van der Waals surface area contributed by atoms with Gasteiger partial charge in [0, 0.05) is 18.7 Å². The van der Waals surface area contributed by atoms with Crippen LogP contribution >= 0.6 is 0 Å². The Labute approximate surface area is 197 Å². The highest BCUT2D eigenvalue weighted by atomic mass is 32.2. The summed E-state index contributed by atoms with van der Waals surface area (Å²) >= 11 is 0. The number of carbonyl (C=O) groups excluding carboxylic acids is 1. The Hall–Kier alpha value is -3.75. The van der Waals surface area contributed by atoms with E-state index in [2.05, 4.69) is 15.1 Å². The fourth-order valence-corrected chi connectivity index (χ4v) is 4.46. The smallest absolute Gasteiger partial charge is 0.251 e. The number of nitriles is 1. The molecule has 3 rings (SSSR count). The Kier molecular flexibility index (Phi) is 7.65. The van der Waals surface area contributed by atoms with Crippen LogP contribution in [0.15, 0.2) is 47.4 Å². The van der Waals surface area contributed by atoms with Crippen molar-refractivity contribution in [3.8, 4) is 11.8 Å². The average Bonchev–Trinajstić information content (AvgIpc) is 3.12. The number of rotatable bonds is 9. The van der Waals surface area contributed by atoms with Crippen LogP contribution in [0.1, 0.15) is 40.5 Å². The predicted molar refractivity (Wildman–Crippen MR) is 125 cm³/mol. The van der Waals surface area contributed by atoms with Gasteiger partial charge in [-0.15, -0.1) is 0 Å². The molecule has 0 spiro atoms. The van der Waals surface area contributed by atoms with E-state index in [0.717, 1.165) is 0 Å². The van der Waals surface area contributed by atoms with Gasteiger partial charge in [-0.2, -0.15) is 10.4 Å². The molecule has 1 aromatic heterocycles. The largest absolute Gasteiger partial charge is 0.382 e. The molecule has 178 valence electrons. The molecule has 1 heterocycles. The number of hydrogen-bond acceptors (Lipinski definition) is 6. The van der Waals surface area contributed by atoms with Crippen molar-refractivity contribution in [3.63, 3.8) is 0 Å². The van der Waals surface area contributed by atoms with Gasteiger partial charge in [0.25, 0.3) is 5.91 Å². The minimum atomic E-state index is -3.68. The maximum absolute atomic E-state index is 13.2. The molecule has 0 aliphatic carbocycles. The lowest BCUT2D eigenvalue weighted by atomic mass is 10.1. The maximum Gasteiger partial charge on any atom is 0.251 e. The molecule has 1 amide bonds. The Bertz CT molecular complexity index is 1340. The van der Waals surface area contributed by atoms with Crippen molar-refractivity contribution in [1.82, 2.24) is 19.8 Å². The number of anilines is 1. The van der Waals surface area contributed by atoms with E-state index in [-0.39, 0.29) is 34.9 Å². The summed E-state index contributed by atoms with van der Waals surface area (Å²) in [7, 11) is -3.68. The molecule has 0 unspecified atom stereocenters. The Balaban J connectivity index is 1.67. The minimum absolute atomic E-state index is 0.0190. The van der Waals surface area contributed by atoms with E-state index in [1.54, 1.807) is 19.9 Å². The van der Waals surface area contributed by atoms with Crippen LogP contribution in [0.2, 0.25) is 0 Å². The molecule has 0 aliphatic rings. The van der Waals surface area contributed by atoms with Crippen LogP contribution in [0.3, 0.4) is 0 Å². The lowest BCUT2D eigenvalue weighted by Crippen LogP contribution is -2.27. The molecule has 0 bridgehead atoms. The number of sulfonamides is 1. The molecule has 0 fully saturated rings. The molecule has 34 heavy (non-hydrogen) atoms. The second kappa shape index (κ2) is 10.5. The minimum Gasteiger partial charge on any atom is -0.382 e. The van der Waals surface area contributed by atoms with Crippen LogP contribution in [0.5, 0.6) is 0 Å². The van der Waals surface area contributed by atoms with Gasteiger partial charge >= 0.3 is 0 Å². The number of nitrogen functional groups attached to an aromatic ring is 1. The highest BCUT2D eigenvalue weighted by Crippen LogP contribution is 2.22. The van der Waals surface area contributed by atoms with Crippen molar-refractivity contribution < 1.29 is 17.6 Å². The topological polar surface area (TPSA) is 143 Å². The fourth-order valence-electron chi connectivity index (χ4n) is 3.39. The normalized spacial score (nSPS) is 11.2. The van der Waals surface area contributed by atoms with Gasteiger partial charge in [0.05, 0.1) is 16.3 Å². The van der Waals surface area contributed by atoms with E-state index < -0.39 is 21.7 Å². The summed E-state index contributed by atoms with van der Waals surface area (Å²) in [5.41, 5.74) is 8.19. The van der Waals surface area contributed by atoms with Crippen LogP contribution in [-0.2, 0) is 16.4 Å². The monoisotopic (exact) mass is 484 g/mol. The molecule has 0 saturated heterocycles. The summed E-state index contributed by atoms with van der Waals surface area (Å²) < 4.78 is 41.5. The summed E-state index contributed by atoms with van der Waals surface area (Å²) in [6, 6.07) is 12.0. The summed E-state index contributed by atoms with van der Waals surface area (Å²) in [6.45, 7) is 3.91. The van der Waals surface area contributed by atoms with Gasteiger partial charge in [0.15, 0.2) is 0 Å². The van der Waals surface area contributed by atoms with Crippen LogP contribution in [-0.4, -0.2) is 37.2 Å². The lowest BCUT2D eigenvalue weighted by molar-refractivity contribution is 0.0952. The number of carbonyl (C=O) groups is 1. The quantitative estimate of drug-likeness (QED) is 0.398. The van der Waals surface area contributed by atoms with Gasteiger partial charge in [-0.1, -0.05) is 13.0 Å². The number of aryl methyl sites for hydroxylation is 2. The number of halogens is 1. The molecule has 0 saturated carbocycles. The Morgan fingerprint density at radius 2 is 1.94 bits per heavy atom. The van der Waals surface area contributed by atoms with Gasteiger partial charge < -0.3 is 11.1 Å². The zero-order chi connectivity index (χ0) is 24.9. The van der Waals surface area contributed by atoms with Crippen molar-refractivity contribution in [2.24, 2.45) is 0 Å². The number of aromatic nitrogens is 2. The van der Waals surface area contributed by atoms with Crippen LogP contribution in [0.4, 0.5) is 10.2 Å². The second-order valence-electron chi connectivity index (χ2n) is 7.54. The zero-order valence-electron chi connectivity index (χ0n) is 18.8. The summed E-state index contributed by atoms with van der Waals surface area (Å²) in [6.07, 6.45) is 0.837. The van der Waals surface area contributed by atoms with Gasteiger partial charge in [0.2, 0.25) is 10.0 Å². The number of benzene rings is 2. The number of hydrogen-bond donors (Lipinski definition) is 3. The fraction of sp³-hybridized carbons (Fsp3) is 0.261. The number of amides is 1. The molecular formula is C23H25FN6O3S. The standard InChI is InChI=1S/C23H25FN6O3S/c1-3-28-34(32,33)18-11-6-15(2)19(13-18)23(31)27-12-4-5-21-20(14-25)22(26)30(29-21)17-9-7-16(24)8-10-17/h6-11,13,28H,3-5,12,26H2,1-2H3,(H,27,31). The molecule has 0 atom stereocenters. The first kappa shape index (κ1) is 24.9. The van der Waals surface area contributed by atoms with Crippen LogP contribution < -0.4 is 15.8 Å². The van der Waals surface area contributed by atoms with Crippen molar-refractivity contribution in [2.45, 2.75) is 31.6 Å². The first-order chi connectivity index (χ1) is 16.2. The van der Waals surface area contributed by atoms with Gasteiger partial charge in [-0.3, -0.25) is 4.79 Å². The first-order valence-corrected chi connectivity index (χ1v) is 12.1. The van der Waals surface area contributed by atoms with Crippen molar-refractivity contribution in [2.75, 3.05) is 18.8 Å². The third kappa shape index (κ3) is 5.41. The van der Waals surface area contributed by atoms with Crippen LogP contribution in [0.25, 0.3) is 5.69 Å². The molecule has 11 heteroatoms. The van der Waals surface area contributed by atoms with Crippen molar-refractivity contribution >= 4 is 21.7 Å². The van der Waals surface area contributed by atoms with Gasteiger partial charge in [0.1, 0.15) is 23.3 Å². The Morgan fingerprint density at radius 1 is 1.24 bits per heavy atom. The van der Waals surface area contributed by atoms with E-state index in [0.29, 0.717) is 29.8 Å². The lowest BCUT2D eigenvalue weighted by Gasteiger charge is -2.10. The number of nitrogens with two attached hydrogens (primary N) is 1. The molecule has 9 nitrogen and oxygen atoms in total. The van der Waals surface area contributed by atoms with E-state index in [1.807, 2.05) is 6.07 Å². The molecule has 2 aromatic carbocycles. The summed E-state index contributed by atoms with van der Waals surface area (Å²) in [5, 5.41) is 16.6. The third-order valence-corrected chi connectivity index (χ3v) is 6.69. The second-order valence-corrected chi connectivity index (χ2v) is 9.31. The van der Waals surface area contributed by atoms with Crippen LogP contribution in [0, 0.1) is 24.1 Å². The molecule has 3 aromatic rings. The van der Waals surface area contributed by atoms with E-state index >= 15 is 0 Å². The van der Waals surface area contributed by atoms with Gasteiger partial charge in [-0.05, 0) is 61.7 Å². The summed E-state index contributed by atoms with van der Waals surface area (Å²) in [4.78, 5) is 12.7. The zero-order valence-corrected chi connectivity index (χ0v) is 19.6. The summed E-state index contributed by atoms with van der Waals surface area (Å²) in [5.74, 6) is -0.642. The highest BCUT2D eigenvalue weighted by molar-refractivity contribution is 7.89.